The van der Waals surface area contributed by atoms with Crippen molar-refractivity contribution < 1.29 is 19.2 Å². The molecule has 0 spiro atoms. The van der Waals surface area contributed by atoms with E-state index in [0.717, 1.165) is 28.6 Å². The van der Waals surface area contributed by atoms with Crippen LogP contribution in [0.5, 0.6) is 0 Å². The second-order valence-corrected chi connectivity index (χ2v) is 17.0. The van der Waals surface area contributed by atoms with Gasteiger partial charge in [0.15, 0.2) is 23.1 Å². The molecule has 2 aromatic carbocycles. The maximum absolute atomic E-state index is 13.3. The summed E-state index contributed by atoms with van der Waals surface area (Å²) in [7, 11) is 0. The van der Waals surface area contributed by atoms with Gasteiger partial charge in [-0.1, -0.05) is 13.8 Å². The molecule has 3 aliphatic carbocycles. The van der Waals surface area contributed by atoms with Gasteiger partial charge in [-0.3, -0.25) is 19.2 Å². The minimum atomic E-state index is -0.463. The largest absolute Gasteiger partial charge is 0.288 e. The van der Waals surface area contributed by atoms with Crippen molar-refractivity contribution in [1.29, 1.82) is 21.0 Å². The highest BCUT2D eigenvalue weighted by Gasteiger charge is 2.43. The van der Waals surface area contributed by atoms with Gasteiger partial charge in [0, 0.05) is 46.8 Å². The number of ketones is 4. The Morgan fingerprint density at radius 3 is 1.12 bits per heavy atom. The maximum atomic E-state index is 13.3. The van der Waals surface area contributed by atoms with Crippen molar-refractivity contribution in [3.8, 4) is 34.0 Å². The number of nitrogens with zero attached hydrogens (tertiary/aromatic N) is 4. The first-order valence-corrected chi connectivity index (χ1v) is 18.5. The number of fused-ring (bicyclic) bond motifs is 9. The van der Waals surface area contributed by atoms with Crippen molar-refractivity contribution in [2.75, 3.05) is 0 Å². The number of rotatable bonds is 2. The molecule has 0 amide bonds. The first-order valence-electron chi connectivity index (χ1n) is 15.2. The van der Waals surface area contributed by atoms with E-state index in [-0.39, 0.29) is 61.1 Å². The number of carbonyl (C=O) groups excluding carboxylic acids is 4. The summed E-state index contributed by atoms with van der Waals surface area (Å²) in [4.78, 5) is 57.0. The molecule has 3 aliphatic rings. The third-order valence-electron chi connectivity index (χ3n) is 9.55. The zero-order valence-electron chi connectivity index (χ0n) is 26.2. The fourth-order valence-electron chi connectivity index (χ4n) is 7.19. The molecule has 51 heavy (non-hydrogen) atoms. The van der Waals surface area contributed by atoms with Crippen LogP contribution in [0, 0.1) is 45.3 Å². The molecule has 9 rings (SSSR count). The summed E-state index contributed by atoms with van der Waals surface area (Å²) in [6.45, 7) is 4.35. The number of benzene rings is 2. The summed E-state index contributed by atoms with van der Waals surface area (Å²) in [6.07, 6.45) is 3.21. The van der Waals surface area contributed by atoms with Crippen LogP contribution in [0.25, 0.3) is 40.7 Å². The lowest BCUT2D eigenvalue weighted by Gasteiger charge is -2.19. The topological polar surface area (TPSA) is 163 Å². The van der Waals surface area contributed by atoms with E-state index in [4.69, 9.17) is 0 Å². The highest BCUT2D eigenvalue weighted by molar-refractivity contribution is 7.35. The van der Waals surface area contributed by atoms with Crippen molar-refractivity contribution in [3.63, 3.8) is 0 Å². The van der Waals surface area contributed by atoms with E-state index in [1.807, 2.05) is 36.4 Å². The minimum absolute atomic E-state index is 0.00756. The highest BCUT2D eigenvalue weighted by atomic mass is 32.1. The van der Waals surface area contributed by atoms with Gasteiger partial charge in [0.1, 0.15) is 24.3 Å². The second kappa shape index (κ2) is 10.4. The summed E-state index contributed by atoms with van der Waals surface area (Å²) >= 11 is 6.35. The molecule has 0 fully saturated rings. The molecule has 6 aromatic rings. The molecule has 0 saturated heterocycles. The molecule has 0 unspecified atom stereocenters. The smallest absolute Gasteiger partial charge is 0.197 e. The average Bonchev–Trinajstić information content (AvgIpc) is 3.96. The molecule has 0 N–H and O–H groups in total. The molecule has 0 bridgehead atoms. The second-order valence-electron chi connectivity index (χ2n) is 12.7. The van der Waals surface area contributed by atoms with Gasteiger partial charge >= 0.3 is 0 Å². The molecular formula is C39H14N4O4S4. The van der Waals surface area contributed by atoms with Crippen LogP contribution in [0.1, 0.15) is 98.4 Å². The van der Waals surface area contributed by atoms with Crippen LogP contribution < -0.4 is 0 Å². The van der Waals surface area contributed by atoms with Gasteiger partial charge in [-0.25, -0.2) is 0 Å². The zero-order valence-corrected chi connectivity index (χ0v) is 29.4. The first kappa shape index (κ1) is 30.9. The Morgan fingerprint density at radius 1 is 0.510 bits per heavy atom. The van der Waals surface area contributed by atoms with Crippen LogP contribution in [0.3, 0.4) is 0 Å². The molecule has 12 heteroatoms. The third-order valence-corrected chi connectivity index (χ3v) is 14.4. The van der Waals surface area contributed by atoms with E-state index < -0.39 is 23.1 Å². The van der Waals surface area contributed by atoms with E-state index in [1.54, 1.807) is 34.8 Å². The summed E-state index contributed by atoms with van der Waals surface area (Å²) in [5.74, 6) is -1.85. The number of allylic oxidation sites excluding steroid dienone is 2. The van der Waals surface area contributed by atoms with Crippen LogP contribution in [-0.4, -0.2) is 23.1 Å². The summed E-state index contributed by atoms with van der Waals surface area (Å²) < 4.78 is 4.24. The number of hydrogen-bond donors (Lipinski definition) is 0. The first-order chi connectivity index (χ1) is 24.5. The normalized spacial score (nSPS) is 15.0. The molecule has 0 atom stereocenters. The van der Waals surface area contributed by atoms with Crippen molar-refractivity contribution in [3.05, 3.63) is 113 Å². The molecule has 0 aliphatic heterocycles. The van der Waals surface area contributed by atoms with Crippen LogP contribution in [-0.2, 0) is 5.41 Å². The van der Waals surface area contributed by atoms with Gasteiger partial charge in [-0.05, 0) is 59.7 Å². The fourth-order valence-corrected chi connectivity index (χ4v) is 13.1. The Labute approximate surface area is 304 Å². The molecular weight excluding hydrogens is 717 g/mol. The lowest BCUT2D eigenvalue weighted by Crippen LogP contribution is -2.14. The van der Waals surface area contributed by atoms with Gasteiger partial charge in [0.25, 0.3) is 0 Å². The standard InChI is InChI=1S/C39H14N4O4S4/c1-39(2)29-35-27(9-19(48-35)7-25-31(44)21-3-15(11-40)16(12-41)4-22(21)32(25)45)50-37(29)38-30(39)36-28(51-38)10-20(49-36)8-26-33(46)23-5-17(13-42)18(14-43)6-24(23)34(26)47/h3-10H,1-2H3. The van der Waals surface area contributed by atoms with E-state index in [2.05, 4.69) is 13.8 Å². The lowest BCUT2D eigenvalue weighted by atomic mass is 9.84. The van der Waals surface area contributed by atoms with Crippen LogP contribution >= 0.6 is 45.3 Å². The monoisotopic (exact) mass is 730 g/mol. The van der Waals surface area contributed by atoms with Crippen LogP contribution in [0.4, 0.5) is 0 Å². The molecule has 0 radical (unpaired) electrons. The van der Waals surface area contributed by atoms with Crippen LogP contribution in [0.15, 0.2) is 47.5 Å². The van der Waals surface area contributed by atoms with E-state index in [9.17, 15) is 40.2 Å². The molecule has 8 nitrogen and oxygen atoms in total. The van der Waals surface area contributed by atoms with Crippen LogP contribution in [0.2, 0.25) is 0 Å². The summed E-state index contributed by atoms with van der Waals surface area (Å²) in [5, 5.41) is 37.6. The van der Waals surface area contributed by atoms with E-state index in [1.165, 1.54) is 67.8 Å². The van der Waals surface area contributed by atoms with Crippen molar-refractivity contribution >= 4 is 99.4 Å². The molecule has 4 aromatic heterocycles. The number of Topliss-reactive ketones (excluding diaryl/α,β-unsaturated/α-hetero) is 4. The Balaban J connectivity index is 1.07. The lowest BCUT2D eigenvalue weighted by molar-refractivity contribution is 0.0975. The Morgan fingerprint density at radius 2 is 0.824 bits per heavy atom. The minimum Gasteiger partial charge on any atom is -0.288 e. The average molecular weight is 731 g/mol. The number of thiophene rings is 4. The molecule has 0 saturated carbocycles. The Hall–Kier alpha value is -6.12. The van der Waals surface area contributed by atoms with Gasteiger partial charge in [0.05, 0.1) is 52.6 Å². The Kier molecular flexibility index (Phi) is 6.33. The van der Waals surface area contributed by atoms with Crippen molar-refractivity contribution in [2.24, 2.45) is 0 Å². The summed E-state index contributed by atoms with van der Waals surface area (Å²) in [5.41, 5.74) is 2.74. The van der Waals surface area contributed by atoms with E-state index >= 15 is 0 Å². The van der Waals surface area contributed by atoms with E-state index in [0.29, 0.717) is 0 Å². The molecule has 238 valence electrons. The zero-order chi connectivity index (χ0) is 35.7. The van der Waals surface area contributed by atoms with Gasteiger partial charge < -0.3 is 0 Å². The van der Waals surface area contributed by atoms with Crippen molar-refractivity contribution in [2.45, 2.75) is 19.3 Å². The maximum Gasteiger partial charge on any atom is 0.197 e. The third kappa shape index (κ3) is 4.05. The van der Waals surface area contributed by atoms with Gasteiger partial charge in [-0.15, -0.1) is 45.3 Å². The predicted molar refractivity (Wildman–Crippen MR) is 196 cm³/mol. The SMILES string of the molecule is CC1(C)c2c(sc3cc(C=C4C(=O)c5cc(C#N)c(C#N)cc5C4=O)sc23)-c2sc3cc(C=C4C(=O)c5cc(C#N)c(C#N)cc5C4=O)sc3c21. The Bertz CT molecular complexity index is 2710. The molecule has 4 heterocycles. The summed E-state index contributed by atoms with van der Waals surface area (Å²) in [6, 6.07) is 17.0. The number of hydrogen-bond acceptors (Lipinski definition) is 12. The van der Waals surface area contributed by atoms with Gasteiger partial charge in [-0.2, -0.15) is 21.0 Å². The van der Waals surface area contributed by atoms with Gasteiger partial charge in [0.2, 0.25) is 0 Å². The highest BCUT2D eigenvalue weighted by Crippen LogP contribution is 2.62. The van der Waals surface area contributed by atoms with Crippen molar-refractivity contribution in [1.82, 2.24) is 0 Å². The predicted octanol–water partition coefficient (Wildman–Crippen LogP) is 8.96. The quantitative estimate of drug-likeness (QED) is 0.126. The fraction of sp³-hybridized carbons (Fsp3) is 0.0769. The number of carbonyl (C=O) groups is 4. The number of nitriles is 4.